The molecular weight excluding hydrogens is 294 g/mol. The van der Waals surface area contributed by atoms with E-state index in [0.29, 0.717) is 18.8 Å². The summed E-state index contributed by atoms with van der Waals surface area (Å²) in [5.74, 6) is 2.20. The highest BCUT2D eigenvalue weighted by Crippen LogP contribution is 2.41. The number of carbonyl (C=O) groups excluding carboxylic acids is 1. The van der Waals surface area contributed by atoms with Crippen LogP contribution in [0.15, 0.2) is 36.4 Å². The van der Waals surface area contributed by atoms with Crippen LogP contribution < -0.4 is 19.5 Å². The van der Waals surface area contributed by atoms with Crippen molar-refractivity contribution in [2.45, 2.75) is 19.4 Å². The van der Waals surface area contributed by atoms with E-state index in [4.69, 9.17) is 14.2 Å². The van der Waals surface area contributed by atoms with Gasteiger partial charge in [-0.25, -0.2) is 0 Å². The van der Waals surface area contributed by atoms with Gasteiger partial charge in [-0.15, -0.1) is 0 Å². The monoisotopic (exact) mass is 311 g/mol. The zero-order chi connectivity index (χ0) is 15.8. The predicted molar refractivity (Wildman–Crippen MR) is 83.9 cm³/mol. The van der Waals surface area contributed by atoms with Gasteiger partial charge in [0.25, 0.3) is 0 Å². The van der Waals surface area contributed by atoms with Gasteiger partial charge in [0.1, 0.15) is 5.75 Å². The van der Waals surface area contributed by atoms with Crippen molar-refractivity contribution in [3.05, 3.63) is 53.1 Å². The number of nitrogens with one attached hydrogen (secondary N) is 1. The first-order valence-corrected chi connectivity index (χ1v) is 7.69. The summed E-state index contributed by atoms with van der Waals surface area (Å²) >= 11 is 0. The molecule has 1 amide bonds. The Bertz CT molecular complexity index is 772. The highest BCUT2D eigenvalue weighted by Gasteiger charge is 2.30. The summed E-state index contributed by atoms with van der Waals surface area (Å²) in [4.78, 5) is 12.2. The Labute approximate surface area is 134 Å². The van der Waals surface area contributed by atoms with Crippen LogP contribution >= 0.6 is 0 Å². The molecule has 1 N–H and O–H groups in total. The van der Waals surface area contributed by atoms with E-state index in [1.165, 1.54) is 0 Å². The van der Waals surface area contributed by atoms with Gasteiger partial charge in [-0.3, -0.25) is 4.79 Å². The third-order valence-electron chi connectivity index (χ3n) is 4.13. The third kappa shape index (κ3) is 2.38. The molecule has 1 atom stereocenters. The first-order valence-electron chi connectivity index (χ1n) is 7.69. The van der Waals surface area contributed by atoms with Crippen molar-refractivity contribution in [2.75, 3.05) is 13.4 Å². The van der Waals surface area contributed by atoms with E-state index in [1.54, 1.807) is 0 Å². The van der Waals surface area contributed by atoms with Crippen LogP contribution in [-0.4, -0.2) is 19.3 Å². The normalized spacial score (nSPS) is 18.3. The largest absolute Gasteiger partial charge is 0.494 e. The smallest absolute Gasteiger partial charge is 0.231 e. The molecule has 0 saturated carbocycles. The summed E-state index contributed by atoms with van der Waals surface area (Å²) in [6.45, 7) is 2.74. The van der Waals surface area contributed by atoms with Gasteiger partial charge in [0.15, 0.2) is 11.5 Å². The van der Waals surface area contributed by atoms with Gasteiger partial charge in [0.05, 0.1) is 19.1 Å². The maximum atomic E-state index is 12.2. The van der Waals surface area contributed by atoms with Gasteiger partial charge >= 0.3 is 0 Å². The van der Waals surface area contributed by atoms with Gasteiger partial charge in [-0.05, 0) is 36.2 Å². The van der Waals surface area contributed by atoms with Crippen molar-refractivity contribution in [1.29, 1.82) is 0 Å². The maximum Gasteiger partial charge on any atom is 0.231 e. The fourth-order valence-electron chi connectivity index (χ4n) is 3.14. The molecular formula is C18H17NO4. The van der Waals surface area contributed by atoms with Crippen LogP contribution in [0.1, 0.15) is 29.7 Å². The SMILES string of the molecule is CCOc1ccccc1C1NC(=O)Cc2cc3c(cc21)OCO3. The number of fused-ring (bicyclic) bond motifs is 2. The first kappa shape index (κ1) is 13.9. The molecule has 1 unspecified atom stereocenters. The molecule has 4 rings (SSSR count). The molecule has 5 nitrogen and oxygen atoms in total. The zero-order valence-corrected chi connectivity index (χ0v) is 12.8. The van der Waals surface area contributed by atoms with Crippen LogP contribution in [0.2, 0.25) is 0 Å². The molecule has 2 aliphatic heterocycles. The molecule has 0 radical (unpaired) electrons. The number of benzene rings is 2. The Morgan fingerprint density at radius 2 is 1.96 bits per heavy atom. The van der Waals surface area contributed by atoms with Crippen LogP contribution in [-0.2, 0) is 11.2 Å². The zero-order valence-electron chi connectivity index (χ0n) is 12.8. The van der Waals surface area contributed by atoms with E-state index in [-0.39, 0.29) is 18.7 Å². The highest BCUT2D eigenvalue weighted by atomic mass is 16.7. The number of para-hydroxylation sites is 1. The van der Waals surface area contributed by atoms with Crippen LogP contribution in [0.3, 0.4) is 0 Å². The molecule has 0 aromatic heterocycles. The lowest BCUT2D eigenvalue weighted by Gasteiger charge is -2.28. The number of ether oxygens (including phenoxy) is 3. The lowest BCUT2D eigenvalue weighted by Crippen LogP contribution is -2.36. The van der Waals surface area contributed by atoms with E-state index in [2.05, 4.69) is 5.32 Å². The van der Waals surface area contributed by atoms with Gasteiger partial charge < -0.3 is 19.5 Å². The number of carbonyl (C=O) groups is 1. The Kier molecular flexibility index (Phi) is 3.33. The molecule has 118 valence electrons. The summed E-state index contributed by atoms with van der Waals surface area (Å²) in [6, 6.07) is 11.4. The summed E-state index contributed by atoms with van der Waals surface area (Å²) in [6.07, 6.45) is 0.347. The number of amides is 1. The topological polar surface area (TPSA) is 56.8 Å². The number of hydrogen-bond donors (Lipinski definition) is 1. The first-order chi connectivity index (χ1) is 11.3. The quantitative estimate of drug-likeness (QED) is 0.946. The molecule has 2 heterocycles. The fourth-order valence-corrected chi connectivity index (χ4v) is 3.14. The molecule has 0 spiro atoms. The van der Waals surface area contributed by atoms with Gasteiger partial charge in [-0.1, -0.05) is 18.2 Å². The molecule has 23 heavy (non-hydrogen) atoms. The van der Waals surface area contributed by atoms with Crippen molar-refractivity contribution in [3.8, 4) is 17.2 Å². The molecule has 0 saturated heterocycles. The van der Waals surface area contributed by atoms with Crippen molar-refractivity contribution < 1.29 is 19.0 Å². The van der Waals surface area contributed by atoms with E-state index in [9.17, 15) is 4.79 Å². The minimum absolute atomic E-state index is 0.00679. The molecule has 2 aliphatic rings. The Balaban J connectivity index is 1.83. The van der Waals surface area contributed by atoms with Gasteiger partial charge in [0, 0.05) is 5.56 Å². The molecule has 5 heteroatoms. The van der Waals surface area contributed by atoms with Crippen LogP contribution in [0, 0.1) is 0 Å². The predicted octanol–water partition coefficient (Wildman–Crippen LogP) is 2.58. The second-order valence-electron chi connectivity index (χ2n) is 5.55. The summed E-state index contributed by atoms with van der Waals surface area (Å²) in [7, 11) is 0. The second-order valence-corrected chi connectivity index (χ2v) is 5.55. The van der Waals surface area contributed by atoms with E-state index in [0.717, 1.165) is 28.2 Å². The molecule has 2 aromatic carbocycles. The average molecular weight is 311 g/mol. The summed E-state index contributed by atoms with van der Waals surface area (Å²) < 4.78 is 16.6. The van der Waals surface area contributed by atoms with E-state index in [1.807, 2.05) is 43.3 Å². The summed E-state index contributed by atoms with van der Waals surface area (Å²) in [5.41, 5.74) is 2.94. The summed E-state index contributed by atoms with van der Waals surface area (Å²) in [5, 5.41) is 3.06. The van der Waals surface area contributed by atoms with Gasteiger partial charge in [0.2, 0.25) is 12.7 Å². The Hall–Kier alpha value is -2.69. The minimum Gasteiger partial charge on any atom is -0.494 e. The third-order valence-corrected chi connectivity index (χ3v) is 4.13. The van der Waals surface area contributed by atoms with Crippen molar-refractivity contribution >= 4 is 5.91 Å². The number of rotatable bonds is 3. The van der Waals surface area contributed by atoms with Crippen molar-refractivity contribution in [1.82, 2.24) is 5.32 Å². The molecule has 0 bridgehead atoms. The van der Waals surface area contributed by atoms with Crippen molar-refractivity contribution in [3.63, 3.8) is 0 Å². The van der Waals surface area contributed by atoms with Gasteiger partial charge in [-0.2, -0.15) is 0 Å². The highest BCUT2D eigenvalue weighted by molar-refractivity contribution is 5.83. The number of hydrogen-bond acceptors (Lipinski definition) is 4. The fraction of sp³-hybridized carbons (Fsp3) is 0.278. The van der Waals surface area contributed by atoms with Crippen molar-refractivity contribution in [2.24, 2.45) is 0 Å². The minimum atomic E-state index is -0.247. The standard InChI is InChI=1S/C18H17NO4/c1-2-21-14-6-4-3-5-12(14)18-13-9-16-15(22-10-23-16)7-11(13)8-17(20)19-18/h3-7,9,18H,2,8,10H2,1H3,(H,19,20). The van der Waals surface area contributed by atoms with E-state index >= 15 is 0 Å². The second kappa shape index (κ2) is 5.50. The van der Waals surface area contributed by atoms with Crippen LogP contribution in [0.25, 0.3) is 0 Å². The van der Waals surface area contributed by atoms with Crippen LogP contribution in [0.4, 0.5) is 0 Å². The van der Waals surface area contributed by atoms with Crippen LogP contribution in [0.5, 0.6) is 17.2 Å². The molecule has 2 aromatic rings. The maximum absolute atomic E-state index is 12.2. The Morgan fingerprint density at radius 3 is 2.78 bits per heavy atom. The molecule has 0 aliphatic carbocycles. The van der Waals surface area contributed by atoms with E-state index < -0.39 is 0 Å². The average Bonchev–Trinajstić information content (AvgIpc) is 3.00. The molecule has 0 fully saturated rings. The lowest BCUT2D eigenvalue weighted by atomic mass is 9.88. The lowest BCUT2D eigenvalue weighted by molar-refractivity contribution is -0.121. The Morgan fingerprint density at radius 1 is 1.17 bits per heavy atom.